The van der Waals surface area contributed by atoms with Crippen molar-refractivity contribution in [3.8, 4) is 0 Å². The van der Waals surface area contributed by atoms with Gasteiger partial charge in [0.1, 0.15) is 17.6 Å². The molecule has 2 saturated heterocycles. The van der Waals surface area contributed by atoms with E-state index in [4.69, 9.17) is 4.74 Å². The van der Waals surface area contributed by atoms with Crippen LogP contribution in [0.4, 0.5) is 25.4 Å². The molecule has 0 unspecified atom stereocenters. The van der Waals surface area contributed by atoms with Crippen molar-refractivity contribution < 1.29 is 33.0 Å². The van der Waals surface area contributed by atoms with E-state index in [2.05, 4.69) is 25.3 Å². The van der Waals surface area contributed by atoms with Gasteiger partial charge < -0.3 is 29.9 Å². The van der Waals surface area contributed by atoms with Crippen LogP contribution < -0.4 is 20.4 Å². The van der Waals surface area contributed by atoms with Crippen LogP contribution in [0.25, 0.3) is 5.65 Å². The molecule has 41 heavy (non-hydrogen) atoms. The average molecular weight is 569 g/mol. The minimum Gasteiger partial charge on any atom is -0.453 e. The van der Waals surface area contributed by atoms with Crippen LogP contribution >= 0.6 is 0 Å². The molecule has 0 bridgehead atoms. The van der Waals surface area contributed by atoms with Gasteiger partial charge in [-0.1, -0.05) is 0 Å². The van der Waals surface area contributed by atoms with Crippen molar-refractivity contribution in [2.45, 2.75) is 13.0 Å². The number of alkyl carbamates (subject to hydrolysis) is 1. The molecule has 0 spiro atoms. The molecule has 14 nitrogen and oxygen atoms in total. The molecule has 2 aliphatic heterocycles. The molecule has 4 amide bonds. The molecular weight excluding hydrogens is 539 g/mol. The number of benzene rings is 1. The van der Waals surface area contributed by atoms with Gasteiger partial charge in [-0.2, -0.15) is 0 Å². The van der Waals surface area contributed by atoms with Crippen LogP contribution in [0.5, 0.6) is 0 Å². The van der Waals surface area contributed by atoms with E-state index in [1.54, 1.807) is 46.9 Å². The second-order valence-corrected chi connectivity index (χ2v) is 9.53. The molecule has 0 aliphatic carbocycles. The Balaban J connectivity index is 1.13. The molecule has 2 fully saturated rings. The molecule has 2 N–H and O–H groups in total. The Morgan fingerprint density at radius 1 is 1.17 bits per heavy atom. The molecular formula is C26H29FN8O6. The highest BCUT2D eigenvalue weighted by molar-refractivity contribution is 5.97. The van der Waals surface area contributed by atoms with Crippen LogP contribution in [0.1, 0.15) is 16.2 Å². The molecule has 1 aromatic carbocycles. The molecule has 15 heteroatoms. The monoisotopic (exact) mass is 568 g/mol. The molecule has 3 aromatic rings. The number of anilines is 2. The first-order valence-electron chi connectivity index (χ1n) is 12.9. The van der Waals surface area contributed by atoms with Crippen LogP contribution in [0, 0.1) is 12.7 Å². The van der Waals surface area contributed by atoms with Crippen molar-refractivity contribution in [1.82, 2.24) is 29.9 Å². The number of aryl methyl sites for hydroxylation is 1. The first-order chi connectivity index (χ1) is 19.7. The number of ether oxygens (including phenoxy) is 2. The number of nitrogens with one attached hydrogen (secondary N) is 2. The molecule has 5 rings (SSSR count). The zero-order valence-electron chi connectivity index (χ0n) is 22.5. The fraction of sp³-hybridized carbons (Fsp3) is 0.385. The van der Waals surface area contributed by atoms with Gasteiger partial charge in [0.25, 0.3) is 5.91 Å². The third kappa shape index (κ3) is 5.83. The van der Waals surface area contributed by atoms with E-state index in [-0.39, 0.29) is 25.5 Å². The number of carbonyl (C=O) groups excluding carboxylic acids is 4. The van der Waals surface area contributed by atoms with Gasteiger partial charge in [0.15, 0.2) is 5.65 Å². The van der Waals surface area contributed by atoms with Gasteiger partial charge in [0.2, 0.25) is 5.91 Å². The minimum atomic E-state index is -0.641. The fourth-order valence-electron chi connectivity index (χ4n) is 4.87. The molecule has 216 valence electrons. The Kier molecular flexibility index (Phi) is 7.85. The summed E-state index contributed by atoms with van der Waals surface area (Å²) in [5, 5.41) is 5.14. The highest BCUT2D eigenvalue weighted by atomic mass is 19.1. The summed E-state index contributed by atoms with van der Waals surface area (Å²) in [7, 11) is 1.23. The lowest BCUT2D eigenvalue weighted by atomic mass is 10.2. The standard InChI is InChI=1S/C26H29FN8O6/c1-16-23(34-6-5-28-13-21(34)31-16)24(37)29-14-22(36)33-9-7-32(8-10-33)20-4-3-17(11-19(20)27)35-15-18(41-26(35)39)12-30-25(38)40-2/h3-6,11,13,18H,7-10,12,14-15H2,1-2H3,(H,29,37)(H,30,38)/t18-/m0/s1. The van der Waals surface area contributed by atoms with Gasteiger partial charge in [-0.25, -0.2) is 19.0 Å². The van der Waals surface area contributed by atoms with Gasteiger partial charge in [0, 0.05) is 38.6 Å². The normalized spacial score (nSPS) is 17.0. The number of aromatic nitrogens is 3. The summed E-state index contributed by atoms with van der Waals surface area (Å²) in [6.45, 7) is 3.24. The van der Waals surface area contributed by atoms with E-state index in [1.807, 2.05) is 4.90 Å². The Morgan fingerprint density at radius 3 is 2.68 bits per heavy atom. The molecule has 4 heterocycles. The third-order valence-electron chi connectivity index (χ3n) is 6.97. The largest absolute Gasteiger partial charge is 0.453 e. The highest BCUT2D eigenvalue weighted by Crippen LogP contribution is 2.28. The number of rotatable bonds is 7. The smallest absolute Gasteiger partial charge is 0.414 e. The first kappa shape index (κ1) is 27.6. The summed E-state index contributed by atoms with van der Waals surface area (Å²) in [5.41, 5.74) is 2.09. The van der Waals surface area contributed by atoms with Crippen molar-refractivity contribution in [3.05, 3.63) is 54.0 Å². The lowest BCUT2D eigenvalue weighted by molar-refractivity contribution is -0.130. The number of halogens is 1. The molecule has 2 aromatic heterocycles. The van der Waals surface area contributed by atoms with Crippen LogP contribution in [0.3, 0.4) is 0 Å². The average Bonchev–Trinajstić information content (AvgIpc) is 3.52. The Bertz CT molecular complexity index is 1490. The minimum absolute atomic E-state index is 0.0696. The second kappa shape index (κ2) is 11.7. The van der Waals surface area contributed by atoms with E-state index in [9.17, 15) is 19.2 Å². The van der Waals surface area contributed by atoms with Crippen LogP contribution in [-0.4, -0.2) is 102 Å². The van der Waals surface area contributed by atoms with Crippen LogP contribution in [0.2, 0.25) is 0 Å². The number of fused-ring (bicyclic) bond motifs is 1. The van der Waals surface area contributed by atoms with E-state index in [0.717, 1.165) is 0 Å². The SMILES string of the molecule is COC(=O)NC[C@H]1CN(c2ccc(N3CCN(C(=O)CNC(=O)c4c(C)nc5cnccn45)CC3)c(F)c2)C(=O)O1. The number of nitrogens with zero attached hydrogens (tertiary/aromatic N) is 6. The van der Waals surface area contributed by atoms with Crippen molar-refractivity contribution >= 4 is 41.0 Å². The summed E-state index contributed by atoms with van der Waals surface area (Å²) in [4.78, 5) is 62.2. The first-order valence-corrected chi connectivity index (χ1v) is 12.9. The number of hydrogen-bond acceptors (Lipinski definition) is 9. The molecule has 2 aliphatic rings. The predicted molar refractivity (Wildman–Crippen MR) is 143 cm³/mol. The lowest BCUT2D eigenvalue weighted by Gasteiger charge is -2.36. The fourth-order valence-corrected chi connectivity index (χ4v) is 4.87. The van der Waals surface area contributed by atoms with E-state index in [1.165, 1.54) is 18.1 Å². The van der Waals surface area contributed by atoms with Crippen molar-refractivity contribution in [2.24, 2.45) is 0 Å². The van der Waals surface area contributed by atoms with Gasteiger partial charge in [0.05, 0.1) is 50.0 Å². The Morgan fingerprint density at radius 2 is 1.95 bits per heavy atom. The number of amides is 4. The number of hydrogen-bond donors (Lipinski definition) is 2. The quantitative estimate of drug-likeness (QED) is 0.424. The third-order valence-corrected chi connectivity index (χ3v) is 6.97. The van der Waals surface area contributed by atoms with Crippen molar-refractivity contribution in [3.63, 3.8) is 0 Å². The van der Waals surface area contributed by atoms with E-state index < -0.39 is 30.0 Å². The summed E-state index contributed by atoms with van der Waals surface area (Å²) in [6, 6.07) is 4.47. The maximum absolute atomic E-state index is 15.1. The van der Waals surface area contributed by atoms with Crippen LogP contribution in [0.15, 0.2) is 36.8 Å². The molecule has 1 atom stereocenters. The summed E-state index contributed by atoms with van der Waals surface area (Å²) in [5.74, 6) is -1.17. The highest BCUT2D eigenvalue weighted by Gasteiger charge is 2.33. The molecule has 0 saturated carbocycles. The van der Waals surface area contributed by atoms with E-state index in [0.29, 0.717) is 54.6 Å². The van der Waals surface area contributed by atoms with Gasteiger partial charge in [-0.3, -0.25) is 23.9 Å². The van der Waals surface area contributed by atoms with Crippen LogP contribution in [-0.2, 0) is 14.3 Å². The Labute approximate surface area is 234 Å². The zero-order valence-corrected chi connectivity index (χ0v) is 22.5. The Hall–Kier alpha value is -4.95. The lowest BCUT2D eigenvalue weighted by Crippen LogP contribution is -2.51. The number of piperazine rings is 1. The van der Waals surface area contributed by atoms with Crippen molar-refractivity contribution in [2.75, 3.05) is 62.7 Å². The maximum Gasteiger partial charge on any atom is 0.414 e. The zero-order chi connectivity index (χ0) is 29.1. The van der Waals surface area contributed by atoms with Gasteiger partial charge in [-0.15, -0.1) is 0 Å². The van der Waals surface area contributed by atoms with Gasteiger partial charge >= 0.3 is 12.2 Å². The topological polar surface area (TPSA) is 151 Å². The number of carbonyl (C=O) groups is 4. The number of cyclic esters (lactones) is 1. The summed E-state index contributed by atoms with van der Waals surface area (Å²) < 4.78 is 26.5. The number of imidazole rings is 1. The summed E-state index contributed by atoms with van der Waals surface area (Å²) >= 11 is 0. The van der Waals surface area contributed by atoms with E-state index >= 15 is 4.39 Å². The summed E-state index contributed by atoms with van der Waals surface area (Å²) in [6.07, 6.45) is 2.86. The predicted octanol–water partition coefficient (Wildman–Crippen LogP) is 0.937. The number of methoxy groups -OCH3 is 1. The molecule has 0 radical (unpaired) electrons. The second-order valence-electron chi connectivity index (χ2n) is 9.53. The van der Waals surface area contributed by atoms with Gasteiger partial charge in [-0.05, 0) is 25.1 Å². The van der Waals surface area contributed by atoms with Crippen molar-refractivity contribution in [1.29, 1.82) is 0 Å². The maximum atomic E-state index is 15.1.